The molecule has 2 unspecified atom stereocenters. The van der Waals surface area contributed by atoms with Crippen molar-refractivity contribution >= 4 is 11.6 Å². The van der Waals surface area contributed by atoms with Gasteiger partial charge in [0.2, 0.25) is 0 Å². The molecule has 0 aliphatic heterocycles. The molecule has 1 aliphatic carbocycles. The van der Waals surface area contributed by atoms with Gasteiger partial charge in [-0.05, 0) is 12.8 Å². The second kappa shape index (κ2) is 6.63. The third-order valence-electron chi connectivity index (χ3n) is 5.08. The molecule has 1 aliphatic rings. The smallest absolute Gasteiger partial charge is 0.131 e. The number of benzene rings is 1. The summed E-state index contributed by atoms with van der Waals surface area (Å²) < 4.78 is 1.72. The molecule has 2 aromatic rings. The Balaban J connectivity index is 1.83. The zero-order chi connectivity index (χ0) is 16.4. The molecule has 0 saturated heterocycles. The summed E-state index contributed by atoms with van der Waals surface area (Å²) in [6.07, 6.45) is 3.31. The van der Waals surface area contributed by atoms with E-state index in [1.165, 1.54) is 0 Å². The van der Waals surface area contributed by atoms with E-state index >= 15 is 0 Å². The van der Waals surface area contributed by atoms with Gasteiger partial charge in [-0.15, -0.1) is 0 Å². The van der Waals surface area contributed by atoms with Crippen molar-refractivity contribution in [1.82, 2.24) is 15.1 Å². The standard InChI is InChI=1S/C18H24ClN3O/c1-18(12-23)10-6-9-15(18)20-11-14-16(21-22(2)17(14)19)13-7-4-3-5-8-13/h3-5,7-8,15,20,23H,6,9-12H2,1-2H3. The molecule has 0 spiro atoms. The van der Waals surface area contributed by atoms with Crippen molar-refractivity contribution in [1.29, 1.82) is 0 Å². The van der Waals surface area contributed by atoms with Gasteiger partial charge in [0.1, 0.15) is 5.15 Å². The first-order valence-corrected chi connectivity index (χ1v) is 8.54. The Morgan fingerprint density at radius 2 is 2.13 bits per heavy atom. The lowest BCUT2D eigenvalue weighted by Crippen LogP contribution is -2.41. The molecule has 1 aromatic carbocycles. The molecule has 1 fully saturated rings. The van der Waals surface area contributed by atoms with Crippen LogP contribution in [0, 0.1) is 5.41 Å². The fourth-order valence-corrected chi connectivity index (χ4v) is 3.72. The van der Waals surface area contributed by atoms with Gasteiger partial charge < -0.3 is 10.4 Å². The molecule has 0 bridgehead atoms. The maximum atomic E-state index is 9.70. The summed E-state index contributed by atoms with van der Waals surface area (Å²) in [4.78, 5) is 0. The summed E-state index contributed by atoms with van der Waals surface area (Å²) in [5.41, 5.74) is 2.98. The first-order chi connectivity index (χ1) is 11.0. The number of nitrogens with zero attached hydrogens (tertiary/aromatic N) is 2. The van der Waals surface area contributed by atoms with E-state index in [0.717, 1.165) is 36.1 Å². The molecular weight excluding hydrogens is 310 g/mol. The van der Waals surface area contributed by atoms with Crippen molar-refractivity contribution < 1.29 is 5.11 Å². The minimum Gasteiger partial charge on any atom is -0.396 e. The van der Waals surface area contributed by atoms with Crippen molar-refractivity contribution in [2.45, 2.75) is 38.8 Å². The van der Waals surface area contributed by atoms with Crippen LogP contribution in [0.3, 0.4) is 0 Å². The predicted molar refractivity (Wildman–Crippen MR) is 93.3 cm³/mol. The van der Waals surface area contributed by atoms with Crippen LogP contribution in [-0.2, 0) is 13.6 Å². The Kier molecular flexibility index (Phi) is 4.76. The fourth-order valence-electron chi connectivity index (χ4n) is 3.53. The van der Waals surface area contributed by atoms with Gasteiger partial charge in [0, 0.05) is 42.8 Å². The molecule has 2 atom stereocenters. The van der Waals surface area contributed by atoms with Gasteiger partial charge in [0.25, 0.3) is 0 Å². The molecule has 1 saturated carbocycles. The number of halogens is 1. The van der Waals surface area contributed by atoms with Crippen LogP contribution in [-0.4, -0.2) is 27.5 Å². The lowest BCUT2D eigenvalue weighted by Gasteiger charge is -2.30. The third-order valence-corrected chi connectivity index (χ3v) is 5.56. The summed E-state index contributed by atoms with van der Waals surface area (Å²) in [7, 11) is 1.87. The number of aliphatic hydroxyl groups excluding tert-OH is 1. The highest BCUT2D eigenvalue weighted by Gasteiger charge is 2.38. The van der Waals surface area contributed by atoms with E-state index in [4.69, 9.17) is 11.6 Å². The van der Waals surface area contributed by atoms with Crippen molar-refractivity contribution in [3.05, 3.63) is 41.0 Å². The van der Waals surface area contributed by atoms with Crippen LogP contribution in [0.2, 0.25) is 5.15 Å². The van der Waals surface area contributed by atoms with E-state index in [1.54, 1.807) is 4.68 Å². The molecule has 23 heavy (non-hydrogen) atoms. The second-order valence-corrected chi connectivity index (χ2v) is 7.10. The Morgan fingerprint density at radius 1 is 1.39 bits per heavy atom. The minimum absolute atomic E-state index is 0.0401. The van der Waals surface area contributed by atoms with Gasteiger partial charge in [-0.25, -0.2) is 0 Å². The van der Waals surface area contributed by atoms with Gasteiger partial charge in [0.15, 0.2) is 0 Å². The van der Waals surface area contributed by atoms with E-state index in [1.807, 2.05) is 25.2 Å². The van der Waals surface area contributed by atoms with E-state index < -0.39 is 0 Å². The SMILES string of the molecule is Cn1nc(-c2ccccc2)c(CNC2CCCC2(C)CO)c1Cl. The van der Waals surface area contributed by atoms with Crippen molar-refractivity contribution in [2.24, 2.45) is 12.5 Å². The first-order valence-electron chi connectivity index (χ1n) is 8.16. The quantitative estimate of drug-likeness (QED) is 0.882. The first kappa shape index (κ1) is 16.5. The van der Waals surface area contributed by atoms with Crippen LogP contribution < -0.4 is 5.32 Å². The monoisotopic (exact) mass is 333 g/mol. The summed E-state index contributed by atoms with van der Waals surface area (Å²) in [6, 6.07) is 10.4. The van der Waals surface area contributed by atoms with Crippen LogP contribution in [0.15, 0.2) is 30.3 Å². The van der Waals surface area contributed by atoms with Crippen LogP contribution in [0.5, 0.6) is 0 Å². The maximum absolute atomic E-state index is 9.70. The molecule has 1 heterocycles. The normalized spacial score (nSPS) is 24.3. The molecule has 5 heteroatoms. The number of hydrogen-bond donors (Lipinski definition) is 2. The fraction of sp³-hybridized carbons (Fsp3) is 0.500. The van der Waals surface area contributed by atoms with Crippen LogP contribution in [0.1, 0.15) is 31.7 Å². The van der Waals surface area contributed by atoms with Gasteiger partial charge in [-0.3, -0.25) is 4.68 Å². The Hall–Kier alpha value is -1.36. The van der Waals surface area contributed by atoms with Crippen LogP contribution in [0.25, 0.3) is 11.3 Å². The zero-order valence-electron chi connectivity index (χ0n) is 13.7. The highest BCUT2D eigenvalue weighted by Crippen LogP contribution is 2.38. The van der Waals surface area contributed by atoms with E-state index in [-0.39, 0.29) is 12.0 Å². The van der Waals surface area contributed by atoms with E-state index in [0.29, 0.717) is 17.7 Å². The number of aliphatic hydroxyl groups is 1. The van der Waals surface area contributed by atoms with Crippen LogP contribution in [0.4, 0.5) is 0 Å². The maximum Gasteiger partial charge on any atom is 0.131 e. The lowest BCUT2D eigenvalue weighted by atomic mass is 9.85. The average molecular weight is 334 g/mol. The highest BCUT2D eigenvalue weighted by molar-refractivity contribution is 6.30. The Bertz CT molecular complexity index is 670. The van der Waals surface area contributed by atoms with Gasteiger partial charge in [-0.1, -0.05) is 55.3 Å². The van der Waals surface area contributed by atoms with Gasteiger partial charge >= 0.3 is 0 Å². The number of rotatable bonds is 5. The van der Waals surface area contributed by atoms with Gasteiger partial charge in [-0.2, -0.15) is 5.10 Å². The largest absolute Gasteiger partial charge is 0.396 e. The predicted octanol–water partition coefficient (Wildman–Crippen LogP) is 3.38. The summed E-state index contributed by atoms with van der Waals surface area (Å²) in [6.45, 7) is 3.04. The van der Waals surface area contributed by atoms with Crippen molar-refractivity contribution in [3.8, 4) is 11.3 Å². The Morgan fingerprint density at radius 3 is 2.83 bits per heavy atom. The third kappa shape index (κ3) is 3.16. The van der Waals surface area contributed by atoms with E-state index in [9.17, 15) is 5.11 Å². The molecule has 124 valence electrons. The zero-order valence-corrected chi connectivity index (χ0v) is 14.5. The second-order valence-electron chi connectivity index (χ2n) is 6.75. The van der Waals surface area contributed by atoms with Crippen molar-refractivity contribution in [2.75, 3.05) is 6.61 Å². The number of aryl methyl sites for hydroxylation is 1. The van der Waals surface area contributed by atoms with Crippen molar-refractivity contribution in [3.63, 3.8) is 0 Å². The summed E-state index contributed by atoms with van der Waals surface area (Å²) in [5, 5.41) is 18.6. The number of hydrogen-bond acceptors (Lipinski definition) is 3. The molecular formula is C18H24ClN3O. The average Bonchev–Trinajstić information content (AvgIpc) is 3.08. The molecule has 4 nitrogen and oxygen atoms in total. The molecule has 1 aromatic heterocycles. The number of aromatic nitrogens is 2. The molecule has 3 rings (SSSR count). The van der Waals surface area contributed by atoms with Gasteiger partial charge in [0.05, 0.1) is 5.69 Å². The highest BCUT2D eigenvalue weighted by atomic mass is 35.5. The topological polar surface area (TPSA) is 50.1 Å². The Labute approximate surface area is 142 Å². The lowest BCUT2D eigenvalue weighted by molar-refractivity contribution is 0.118. The van der Waals surface area contributed by atoms with Crippen LogP contribution >= 0.6 is 11.6 Å². The molecule has 0 amide bonds. The van der Waals surface area contributed by atoms with E-state index in [2.05, 4.69) is 29.5 Å². The number of nitrogens with one attached hydrogen (secondary N) is 1. The minimum atomic E-state index is -0.0401. The molecule has 0 radical (unpaired) electrons. The molecule has 2 N–H and O–H groups in total. The summed E-state index contributed by atoms with van der Waals surface area (Å²) in [5.74, 6) is 0. The summed E-state index contributed by atoms with van der Waals surface area (Å²) >= 11 is 6.47.